The molecule has 17 heavy (non-hydrogen) atoms. The summed E-state index contributed by atoms with van der Waals surface area (Å²) in [6, 6.07) is 0. The zero-order chi connectivity index (χ0) is 12.5. The van der Waals surface area contributed by atoms with E-state index in [9.17, 15) is 4.79 Å². The minimum Gasteiger partial charge on any atom is -0.381 e. The molecular formula is C11H20N4O2. The molecule has 0 aromatic rings. The van der Waals surface area contributed by atoms with E-state index in [1.54, 1.807) is 0 Å². The number of carbonyl (C=O) groups excluding carboxylic acids is 1. The number of likely N-dealkylation sites (tertiary alicyclic amines) is 1. The second-order valence-corrected chi connectivity index (χ2v) is 4.29. The van der Waals surface area contributed by atoms with Gasteiger partial charge in [0.1, 0.15) is 0 Å². The molecule has 0 aromatic heterocycles. The van der Waals surface area contributed by atoms with Crippen molar-refractivity contribution >= 4 is 5.91 Å². The fourth-order valence-electron chi connectivity index (χ4n) is 1.95. The normalized spacial score (nSPS) is 19.5. The molecule has 0 N–H and O–H groups in total. The van der Waals surface area contributed by atoms with Gasteiger partial charge in [-0.25, -0.2) is 0 Å². The molecule has 1 fully saturated rings. The molecule has 1 aliphatic heterocycles. The van der Waals surface area contributed by atoms with Gasteiger partial charge < -0.3 is 9.64 Å². The van der Waals surface area contributed by atoms with Crippen molar-refractivity contribution in [2.45, 2.75) is 26.2 Å². The van der Waals surface area contributed by atoms with Gasteiger partial charge in [0.2, 0.25) is 5.91 Å². The monoisotopic (exact) mass is 240 g/mol. The van der Waals surface area contributed by atoms with E-state index in [2.05, 4.69) is 16.9 Å². The summed E-state index contributed by atoms with van der Waals surface area (Å²) in [5.74, 6) is 0.355. The van der Waals surface area contributed by atoms with Gasteiger partial charge in [0, 0.05) is 44.2 Å². The molecule has 0 bridgehead atoms. The Morgan fingerprint density at radius 2 is 2.41 bits per heavy atom. The van der Waals surface area contributed by atoms with Crippen LogP contribution in [0.5, 0.6) is 0 Å². The number of carbonyl (C=O) groups is 1. The molecule has 0 aromatic carbocycles. The predicted molar refractivity (Wildman–Crippen MR) is 64.4 cm³/mol. The number of amides is 1. The fraction of sp³-hybridized carbons (Fsp3) is 0.909. The lowest BCUT2D eigenvalue weighted by Crippen LogP contribution is -2.27. The summed E-state index contributed by atoms with van der Waals surface area (Å²) in [4.78, 5) is 16.2. The minimum absolute atomic E-state index is 0.165. The van der Waals surface area contributed by atoms with Gasteiger partial charge in [0.15, 0.2) is 0 Å². The van der Waals surface area contributed by atoms with Crippen LogP contribution in [-0.2, 0) is 9.53 Å². The summed E-state index contributed by atoms with van der Waals surface area (Å²) in [6.45, 7) is 5.45. The predicted octanol–water partition coefficient (Wildman–Crippen LogP) is 1.96. The lowest BCUT2D eigenvalue weighted by Gasteiger charge is -2.16. The highest BCUT2D eigenvalue weighted by atomic mass is 16.5. The Morgan fingerprint density at radius 3 is 3.12 bits per heavy atom. The molecule has 1 saturated heterocycles. The van der Waals surface area contributed by atoms with Crippen LogP contribution in [0.15, 0.2) is 5.11 Å². The number of nitrogens with zero attached hydrogens (tertiary/aromatic N) is 4. The Kier molecular flexibility index (Phi) is 6.43. The van der Waals surface area contributed by atoms with Crippen LogP contribution < -0.4 is 0 Å². The lowest BCUT2D eigenvalue weighted by molar-refractivity contribution is -0.127. The van der Waals surface area contributed by atoms with E-state index in [1.165, 1.54) is 0 Å². The van der Waals surface area contributed by atoms with Gasteiger partial charge in [0.05, 0.1) is 0 Å². The van der Waals surface area contributed by atoms with Crippen LogP contribution >= 0.6 is 0 Å². The summed E-state index contributed by atoms with van der Waals surface area (Å²) >= 11 is 0. The van der Waals surface area contributed by atoms with Crippen LogP contribution in [0.1, 0.15) is 26.2 Å². The first-order valence-electron chi connectivity index (χ1n) is 6.14. The Hall–Kier alpha value is -1.26. The van der Waals surface area contributed by atoms with Crippen LogP contribution in [0.3, 0.4) is 0 Å². The van der Waals surface area contributed by atoms with Crippen molar-refractivity contribution in [1.29, 1.82) is 0 Å². The van der Waals surface area contributed by atoms with E-state index in [4.69, 9.17) is 10.3 Å². The van der Waals surface area contributed by atoms with Crippen molar-refractivity contribution in [2.75, 3.05) is 32.8 Å². The quantitative estimate of drug-likeness (QED) is 0.281. The Labute approximate surface area is 102 Å². The summed E-state index contributed by atoms with van der Waals surface area (Å²) in [5.41, 5.74) is 8.23. The first kappa shape index (κ1) is 13.8. The number of ether oxygens (including phenoxy) is 1. The number of hydrogen-bond acceptors (Lipinski definition) is 3. The third-order valence-corrected chi connectivity index (χ3v) is 2.76. The lowest BCUT2D eigenvalue weighted by atomic mass is 10.1. The second kappa shape index (κ2) is 7.92. The van der Waals surface area contributed by atoms with Crippen molar-refractivity contribution in [3.8, 4) is 0 Å². The summed E-state index contributed by atoms with van der Waals surface area (Å²) in [7, 11) is 0. The molecule has 1 heterocycles. The van der Waals surface area contributed by atoms with Crippen LogP contribution in [0, 0.1) is 5.92 Å². The van der Waals surface area contributed by atoms with E-state index in [-0.39, 0.29) is 11.8 Å². The molecule has 1 amide bonds. The van der Waals surface area contributed by atoms with Gasteiger partial charge in [0.25, 0.3) is 0 Å². The average Bonchev–Trinajstić information content (AvgIpc) is 2.67. The van der Waals surface area contributed by atoms with E-state index in [1.807, 2.05) is 4.90 Å². The smallest absolute Gasteiger partial charge is 0.222 e. The molecule has 1 rings (SSSR count). The molecule has 1 atom stereocenters. The summed E-state index contributed by atoms with van der Waals surface area (Å²) in [6.07, 6.45) is 2.41. The van der Waals surface area contributed by atoms with Gasteiger partial charge in [-0.05, 0) is 24.3 Å². The van der Waals surface area contributed by atoms with Crippen LogP contribution in [0.25, 0.3) is 10.4 Å². The SMILES string of the molecule is CCCOCCCN1CC(CN=[N+]=[N-])CC1=O. The van der Waals surface area contributed by atoms with Crippen molar-refractivity contribution < 1.29 is 9.53 Å². The molecule has 1 unspecified atom stereocenters. The van der Waals surface area contributed by atoms with Gasteiger partial charge in [-0.2, -0.15) is 0 Å². The van der Waals surface area contributed by atoms with Gasteiger partial charge in [-0.3, -0.25) is 4.79 Å². The fourth-order valence-corrected chi connectivity index (χ4v) is 1.95. The largest absolute Gasteiger partial charge is 0.381 e. The van der Waals surface area contributed by atoms with Crippen molar-refractivity contribution in [2.24, 2.45) is 11.0 Å². The number of hydrogen-bond donors (Lipinski definition) is 0. The molecule has 0 radical (unpaired) electrons. The second-order valence-electron chi connectivity index (χ2n) is 4.29. The van der Waals surface area contributed by atoms with Crippen molar-refractivity contribution in [3.63, 3.8) is 0 Å². The standard InChI is InChI=1S/C11H20N4O2/c1-2-5-17-6-3-4-15-9-10(7-11(15)16)8-13-14-12/h10H,2-9H2,1H3. The van der Waals surface area contributed by atoms with E-state index < -0.39 is 0 Å². The van der Waals surface area contributed by atoms with Gasteiger partial charge >= 0.3 is 0 Å². The molecule has 6 heteroatoms. The van der Waals surface area contributed by atoms with Crippen LogP contribution in [0.2, 0.25) is 0 Å². The minimum atomic E-state index is 0.165. The molecule has 6 nitrogen and oxygen atoms in total. The van der Waals surface area contributed by atoms with Gasteiger partial charge in [-0.1, -0.05) is 12.0 Å². The molecule has 0 aliphatic carbocycles. The zero-order valence-corrected chi connectivity index (χ0v) is 10.3. The molecule has 96 valence electrons. The zero-order valence-electron chi connectivity index (χ0n) is 10.3. The van der Waals surface area contributed by atoms with E-state index in [0.717, 1.165) is 26.0 Å². The van der Waals surface area contributed by atoms with Crippen LogP contribution in [-0.4, -0.2) is 43.7 Å². The highest BCUT2D eigenvalue weighted by Gasteiger charge is 2.28. The topological polar surface area (TPSA) is 78.3 Å². The molecular weight excluding hydrogens is 220 g/mol. The highest BCUT2D eigenvalue weighted by molar-refractivity contribution is 5.78. The summed E-state index contributed by atoms with van der Waals surface area (Å²) in [5, 5.41) is 3.52. The first-order chi connectivity index (χ1) is 8.27. The number of rotatable bonds is 8. The number of azide groups is 1. The van der Waals surface area contributed by atoms with Crippen molar-refractivity contribution in [3.05, 3.63) is 10.4 Å². The summed E-state index contributed by atoms with van der Waals surface area (Å²) < 4.78 is 5.37. The third kappa shape index (κ3) is 5.06. The maximum absolute atomic E-state index is 11.6. The van der Waals surface area contributed by atoms with Crippen molar-refractivity contribution in [1.82, 2.24) is 4.90 Å². The maximum atomic E-state index is 11.6. The highest BCUT2D eigenvalue weighted by Crippen LogP contribution is 2.18. The Balaban J connectivity index is 2.16. The third-order valence-electron chi connectivity index (χ3n) is 2.76. The first-order valence-corrected chi connectivity index (χ1v) is 6.14. The van der Waals surface area contributed by atoms with E-state index in [0.29, 0.717) is 26.1 Å². The average molecular weight is 240 g/mol. The Bertz CT molecular complexity index is 289. The maximum Gasteiger partial charge on any atom is 0.222 e. The van der Waals surface area contributed by atoms with E-state index >= 15 is 0 Å². The molecule has 1 aliphatic rings. The Morgan fingerprint density at radius 1 is 1.59 bits per heavy atom. The van der Waals surface area contributed by atoms with Crippen LogP contribution in [0.4, 0.5) is 0 Å². The molecule has 0 saturated carbocycles. The van der Waals surface area contributed by atoms with Gasteiger partial charge in [-0.15, -0.1) is 0 Å². The molecule has 0 spiro atoms.